The fourth-order valence-corrected chi connectivity index (χ4v) is 3.21. The number of benzene rings is 1. The minimum atomic E-state index is 0.221. The lowest BCUT2D eigenvalue weighted by atomic mass is 10.1. The lowest BCUT2D eigenvalue weighted by Crippen LogP contribution is -2.22. The molecule has 0 saturated heterocycles. The van der Waals surface area contributed by atoms with Gasteiger partial charge in [-0.05, 0) is 31.1 Å². The average molecular weight is 301 g/mol. The Morgan fingerprint density at radius 3 is 2.86 bits per heavy atom. The molecular formula is C15H19N5S. The van der Waals surface area contributed by atoms with Crippen LogP contribution in [0, 0.1) is 0 Å². The van der Waals surface area contributed by atoms with Crippen molar-refractivity contribution in [3.8, 4) is 0 Å². The van der Waals surface area contributed by atoms with Crippen LogP contribution >= 0.6 is 11.5 Å². The summed E-state index contributed by atoms with van der Waals surface area (Å²) in [6, 6.07) is 8.64. The van der Waals surface area contributed by atoms with Crippen LogP contribution < -0.4 is 5.32 Å². The second kappa shape index (κ2) is 6.32. The molecule has 1 atom stereocenters. The highest BCUT2D eigenvalue weighted by Crippen LogP contribution is 2.25. The molecular weight excluding hydrogens is 282 g/mol. The first-order valence-electron chi connectivity index (χ1n) is 7.28. The van der Waals surface area contributed by atoms with Crippen LogP contribution in [0.15, 0.2) is 30.5 Å². The summed E-state index contributed by atoms with van der Waals surface area (Å²) in [4.78, 5) is 1.16. The molecule has 0 amide bonds. The largest absolute Gasteiger partial charge is 0.309 e. The Morgan fingerprint density at radius 2 is 2.14 bits per heavy atom. The molecule has 0 fully saturated rings. The van der Waals surface area contributed by atoms with Gasteiger partial charge in [0.1, 0.15) is 0 Å². The van der Waals surface area contributed by atoms with Gasteiger partial charge in [-0.15, -0.1) is 5.10 Å². The van der Waals surface area contributed by atoms with Crippen molar-refractivity contribution >= 4 is 22.4 Å². The number of nitrogens with zero attached hydrogens (tertiary/aromatic N) is 4. The molecule has 5 nitrogen and oxygen atoms in total. The summed E-state index contributed by atoms with van der Waals surface area (Å²) in [5.74, 6) is 0. The van der Waals surface area contributed by atoms with E-state index < -0.39 is 0 Å². The van der Waals surface area contributed by atoms with Gasteiger partial charge in [-0.3, -0.25) is 4.68 Å². The Hall–Kier alpha value is -1.79. The molecule has 0 bridgehead atoms. The average Bonchev–Trinajstić information content (AvgIpc) is 3.15. The summed E-state index contributed by atoms with van der Waals surface area (Å²) in [6.45, 7) is 6.03. The smallest absolute Gasteiger partial charge is 0.0722 e. The zero-order valence-electron chi connectivity index (χ0n) is 12.3. The molecule has 1 unspecified atom stereocenters. The summed E-state index contributed by atoms with van der Waals surface area (Å²) in [5.41, 5.74) is 2.33. The first-order chi connectivity index (χ1) is 10.3. The summed E-state index contributed by atoms with van der Waals surface area (Å²) >= 11 is 1.45. The third-order valence-corrected chi connectivity index (χ3v) is 4.38. The molecule has 0 saturated carbocycles. The molecule has 2 heterocycles. The van der Waals surface area contributed by atoms with Gasteiger partial charge < -0.3 is 5.32 Å². The predicted molar refractivity (Wildman–Crippen MR) is 85.4 cm³/mol. The number of para-hydroxylation sites is 1. The first-order valence-corrected chi connectivity index (χ1v) is 8.05. The van der Waals surface area contributed by atoms with Gasteiger partial charge in [0.2, 0.25) is 0 Å². The van der Waals surface area contributed by atoms with E-state index in [9.17, 15) is 0 Å². The fourth-order valence-electron chi connectivity index (χ4n) is 2.63. The molecule has 0 aliphatic heterocycles. The number of hydrogen-bond donors (Lipinski definition) is 1. The fraction of sp³-hybridized carbons (Fsp3) is 0.400. The van der Waals surface area contributed by atoms with E-state index in [4.69, 9.17) is 5.10 Å². The second-order valence-electron chi connectivity index (χ2n) is 4.91. The monoisotopic (exact) mass is 301 g/mol. The van der Waals surface area contributed by atoms with Crippen LogP contribution in [0.3, 0.4) is 0 Å². The van der Waals surface area contributed by atoms with Crippen molar-refractivity contribution in [2.45, 2.75) is 32.9 Å². The predicted octanol–water partition coefficient (Wildman–Crippen LogP) is 2.80. The highest BCUT2D eigenvalue weighted by molar-refractivity contribution is 7.05. The maximum Gasteiger partial charge on any atom is 0.0722 e. The van der Waals surface area contributed by atoms with Crippen molar-refractivity contribution in [2.75, 3.05) is 6.54 Å². The van der Waals surface area contributed by atoms with Crippen LogP contribution in [-0.2, 0) is 13.0 Å². The van der Waals surface area contributed by atoms with Crippen molar-refractivity contribution in [1.29, 1.82) is 0 Å². The number of hydrogen-bond acceptors (Lipinski definition) is 5. The van der Waals surface area contributed by atoms with Gasteiger partial charge in [0.15, 0.2) is 0 Å². The molecule has 3 aromatic rings. The van der Waals surface area contributed by atoms with Crippen LogP contribution in [-0.4, -0.2) is 25.9 Å². The Balaban J connectivity index is 1.96. The van der Waals surface area contributed by atoms with Gasteiger partial charge in [0.05, 0.1) is 28.3 Å². The van der Waals surface area contributed by atoms with Crippen molar-refractivity contribution in [1.82, 2.24) is 24.7 Å². The molecule has 0 aliphatic carbocycles. The van der Waals surface area contributed by atoms with Gasteiger partial charge in [-0.2, -0.15) is 5.10 Å². The molecule has 110 valence electrons. The van der Waals surface area contributed by atoms with E-state index in [0.717, 1.165) is 30.1 Å². The standard InChI is InChI=1S/C15H19N5S/c1-3-16-13(15-10-17-19-21-15)9-12-11-7-5-6-8-14(11)20(4-2)18-12/h5-8,10,13,16H,3-4,9H2,1-2H3. The second-order valence-corrected chi connectivity index (χ2v) is 5.73. The van der Waals surface area contributed by atoms with Crippen LogP contribution in [0.1, 0.15) is 30.5 Å². The molecule has 1 N–H and O–H groups in total. The third-order valence-electron chi connectivity index (χ3n) is 3.60. The zero-order chi connectivity index (χ0) is 14.7. The Morgan fingerprint density at radius 1 is 1.29 bits per heavy atom. The number of aromatic nitrogens is 4. The van der Waals surface area contributed by atoms with Gasteiger partial charge in [0.25, 0.3) is 0 Å². The molecule has 1 aromatic carbocycles. The van der Waals surface area contributed by atoms with Crippen molar-refractivity contribution in [2.24, 2.45) is 0 Å². The molecule has 3 rings (SSSR count). The lowest BCUT2D eigenvalue weighted by molar-refractivity contribution is 0.544. The number of likely N-dealkylation sites (N-methyl/N-ethyl adjacent to an activating group) is 1. The summed E-state index contributed by atoms with van der Waals surface area (Å²) in [5, 5.41) is 13.5. The van der Waals surface area contributed by atoms with Gasteiger partial charge in [-0.1, -0.05) is 29.6 Å². The minimum absolute atomic E-state index is 0.221. The first kappa shape index (κ1) is 14.2. The van der Waals surface area contributed by atoms with Gasteiger partial charge >= 0.3 is 0 Å². The normalized spacial score (nSPS) is 12.9. The van der Waals surface area contributed by atoms with Crippen LogP contribution in [0.5, 0.6) is 0 Å². The quantitative estimate of drug-likeness (QED) is 0.760. The maximum atomic E-state index is 4.78. The Bertz CT molecular complexity index is 704. The third kappa shape index (κ3) is 2.82. The topological polar surface area (TPSA) is 55.6 Å². The van der Waals surface area contributed by atoms with E-state index in [0.29, 0.717) is 0 Å². The summed E-state index contributed by atoms with van der Waals surface area (Å²) < 4.78 is 6.04. The van der Waals surface area contributed by atoms with Crippen molar-refractivity contribution < 1.29 is 0 Å². The van der Waals surface area contributed by atoms with Gasteiger partial charge in [-0.25, -0.2) is 0 Å². The number of rotatable bonds is 6. The van der Waals surface area contributed by atoms with Crippen LogP contribution in [0.25, 0.3) is 10.9 Å². The maximum absolute atomic E-state index is 4.78. The van der Waals surface area contributed by atoms with Gasteiger partial charge in [0, 0.05) is 18.4 Å². The van der Waals surface area contributed by atoms with Crippen LogP contribution in [0.4, 0.5) is 0 Å². The van der Waals surface area contributed by atoms with Crippen LogP contribution in [0.2, 0.25) is 0 Å². The molecule has 2 aromatic heterocycles. The van der Waals surface area contributed by atoms with E-state index in [1.165, 1.54) is 22.4 Å². The Kier molecular flexibility index (Phi) is 4.26. The summed E-state index contributed by atoms with van der Waals surface area (Å²) in [7, 11) is 0. The van der Waals surface area contributed by atoms with Crippen molar-refractivity contribution in [3.63, 3.8) is 0 Å². The number of aryl methyl sites for hydroxylation is 1. The van der Waals surface area contributed by atoms with E-state index in [2.05, 4.69) is 57.7 Å². The SMILES string of the molecule is CCNC(Cc1nn(CC)c2ccccc12)c1cnns1. The molecule has 21 heavy (non-hydrogen) atoms. The molecule has 0 aliphatic rings. The van der Waals surface area contributed by atoms with E-state index in [1.54, 1.807) is 0 Å². The highest BCUT2D eigenvalue weighted by Gasteiger charge is 2.18. The molecule has 0 spiro atoms. The molecule has 0 radical (unpaired) electrons. The van der Waals surface area contributed by atoms with E-state index in [1.807, 2.05) is 6.20 Å². The number of fused-ring (bicyclic) bond motifs is 1. The minimum Gasteiger partial charge on any atom is -0.309 e. The number of nitrogens with one attached hydrogen (secondary N) is 1. The molecule has 6 heteroatoms. The highest BCUT2D eigenvalue weighted by atomic mass is 32.1. The van der Waals surface area contributed by atoms with E-state index in [-0.39, 0.29) is 6.04 Å². The lowest BCUT2D eigenvalue weighted by Gasteiger charge is -2.14. The Labute approximate surface area is 128 Å². The zero-order valence-corrected chi connectivity index (χ0v) is 13.1. The van der Waals surface area contributed by atoms with Crippen molar-refractivity contribution in [3.05, 3.63) is 41.0 Å². The van der Waals surface area contributed by atoms with E-state index >= 15 is 0 Å². The summed E-state index contributed by atoms with van der Waals surface area (Å²) in [6.07, 6.45) is 2.70.